The van der Waals surface area contributed by atoms with E-state index in [-0.39, 0.29) is 16.5 Å². The lowest BCUT2D eigenvalue weighted by molar-refractivity contribution is -0.385. The Labute approximate surface area is 96.7 Å². The van der Waals surface area contributed by atoms with Gasteiger partial charge in [0.1, 0.15) is 0 Å². The molecular weight excluding hydrogens is 232 g/mol. The topological polar surface area (TPSA) is 76.2 Å². The maximum absolute atomic E-state index is 10.6. The van der Waals surface area contributed by atoms with E-state index < -0.39 is 4.92 Å². The Bertz CT molecular complexity index is 491. The zero-order valence-corrected chi connectivity index (χ0v) is 9.06. The molecule has 0 saturated carbocycles. The quantitative estimate of drug-likeness (QED) is 0.461. The van der Waals surface area contributed by atoms with E-state index in [9.17, 15) is 10.1 Å². The molecule has 0 aliphatic carbocycles. The Morgan fingerprint density at radius 2 is 2.38 bits per heavy atom. The highest BCUT2D eigenvalue weighted by molar-refractivity contribution is 6.49. The van der Waals surface area contributed by atoms with Crippen molar-refractivity contribution in [2.45, 2.75) is 0 Å². The summed E-state index contributed by atoms with van der Waals surface area (Å²) in [6, 6.07) is 5.92. The lowest BCUT2D eigenvalue weighted by Crippen LogP contribution is -1.94. The van der Waals surface area contributed by atoms with Crippen LogP contribution in [-0.2, 0) is 0 Å². The van der Waals surface area contributed by atoms with E-state index in [1.165, 1.54) is 25.3 Å². The third kappa shape index (κ3) is 2.49. The molecule has 0 amide bonds. The lowest BCUT2D eigenvalue weighted by atomic mass is 10.1. The number of rotatable bonds is 3. The zero-order valence-electron chi connectivity index (χ0n) is 8.31. The largest absolute Gasteiger partial charge is 0.490 e. The molecular formula is C10H7ClN2O3. The van der Waals surface area contributed by atoms with Crippen LogP contribution in [-0.4, -0.2) is 12.0 Å². The molecule has 1 aromatic carbocycles. The van der Waals surface area contributed by atoms with Crippen molar-refractivity contribution in [3.63, 3.8) is 0 Å². The summed E-state index contributed by atoms with van der Waals surface area (Å²) in [6.07, 6.45) is 1.14. The van der Waals surface area contributed by atoms with Gasteiger partial charge in [0.15, 0.2) is 5.75 Å². The highest BCUT2D eigenvalue weighted by Crippen LogP contribution is 2.31. The molecule has 1 rings (SSSR count). The molecule has 0 aromatic heterocycles. The normalized spacial score (nSPS) is 10.7. The van der Waals surface area contributed by atoms with E-state index in [1.807, 2.05) is 0 Å². The van der Waals surface area contributed by atoms with E-state index in [0.29, 0.717) is 5.56 Å². The van der Waals surface area contributed by atoms with Crippen LogP contribution in [0.2, 0.25) is 0 Å². The van der Waals surface area contributed by atoms with Gasteiger partial charge < -0.3 is 4.74 Å². The maximum atomic E-state index is 10.6. The Morgan fingerprint density at radius 1 is 1.69 bits per heavy atom. The molecule has 6 heteroatoms. The van der Waals surface area contributed by atoms with E-state index in [1.54, 1.807) is 6.07 Å². The SMILES string of the molecule is COc1cc(/C(Cl)=C/C#N)ccc1[N+](=O)[O-]. The van der Waals surface area contributed by atoms with Gasteiger partial charge in [-0.15, -0.1) is 0 Å². The Hall–Kier alpha value is -2.06. The first kappa shape index (κ1) is 12.0. The summed E-state index contributed by atoms with van der Waals surface area (Å²) in [5.74, 6) is 0.104. The van der Waals surface area contributed by atoms with E-state index >= 15 is 0 Å². The van der Waals surface area contributed by atoms with Crippen molar-refractivity contribution in [2.75, 3.05) is 7.11 Å². The molecule has 0 aliphatic heterocycles. The van der Waals surface area contributed by atoms with Gasteiger partial charge in [0.05, 0.1) is 23.1 Å². The van der Waals surface area contributed by atoms with Crippen LogP contribution >= 0.6 is 11.6 Å². The van der Waals surface area contributed by atoms with Crippen LogP contribution < -0.4 is 4.74 Å². The summed E-state index contributed by atoms with van der Waals surface area (Å²) in [5.41, 5.74) is 0.346. The molecule has 1 aromatic rings. The number of nitro benzene ring substituents is 1. The van der Waals surface area contributed by atoms with Crippen molar-refractivity contribution >= 4 is 22.3 Å². The van der Waals surface area contributed by atoms with Crippen LogP contribution in [0.4, 0.5) is 5.69 Å². The number of nitrogens with zero attached hydrogens (tertiary/aromatic N) is 2. The summed E-state index contributed by atoms with van der Waals surface area (Å²) in [6.45, 7) is 0. The third-order valence-corrected chi connectivity index (χ3v) is 2.17. The van der Waals surface area contributed by atoms with Gasteiger partial charge in [0, 0.05) is 12.1 Å². The average molecular weight is 239 g/mol. The fourth-order valence-corrected chi connectivity index (χ4v) is 1.28. The molecule has 0 atom stereocenters. The minimum absolute atomic E-state index is 0.104. The minimum Gasteiger partial charge on any atom is -0.490 e. The van der Waals surface area contributed by atoms with Crippen molar-refractivity contribution in [3.8, 4) is 11.8 Å². The Kier molecular flexibility index (Phi) is 3.86. The second-order valence-corrected chi connectivity index (χ2v) is 3.17. The number of methoxy groups -OCH3 is 1. The highest BCUT2D eigenvalue weighted by Gasteiger charge is 2.15. The van der Waals surface area contributed by atoms with Gasteiger partial charge in [-0.2, -0.15) is 5.26 Å². The number of allylic oxidation sites excluding steroid dienone is 1. The predicted molar refractivity (Wildman–Crippen MR) is 59.1 cm³/mol. The van der Waals surface area contributed by atoms with Gasteiger partial charge in [-0.05, 0) is 17.7 Å². The molecule has 0 spiro atoms. The minimum atomic E-state index is -0.551. The molecule has 0 unspecified atom stereocenters. The fraction of sp³-hybridized carbons (Fsp3) is 0.100. The van der Waals surface area contributed by atoms with Crippen LogP contribution in [0.5, 0.6) is 5.75 Å². The number of hydrogen-bond donors (Lipinski definition) is 0. The highest BCUT2D eigenvalue weighted by atomic mass is 35.5. The number of halogens is 1. The van der Waals surface area contributed by atoms with Crippen LogP contribution in [0.1, 0.15) is 5.56 Å². The van der Waals surface area contributed by atoms with E-state index in [2.05, 4.69) is 0 Å². The monoisotopic (exact) mass is 238 g/mol. The molecule has 0 radical (unpaired) electrons. The molecule has 0 saturated heterocycles. The van der Waals surface area contributed by atoms with E-state index in [4.69, 9.17) is 21.6 Å². The number of nitriles is 1. The second-order valence-electron chi connectivity index (χ2n) is 2.77. The molecule has 0 fully saturated rings. The molecule has 16 heavy (non-hydrogen) atoms. The van der Waals surface area contributed by atoms with Crippen LogP contribution in [0, 0.1) is 21.4 Å². The molecule has 5 nitrogen and oxygen atoms in total. The molecule has 0 bridgehead atoms. The molecule has 82 valence electrons. The predicted octanol–water partition coefficient (Wildman–Crippen LogP) is 2.71. The first-order valence-corrected chi connectivity index (χ1v) is 4.56. The zero-order chi connectivity index (χ0) is 12.1. The molecule has 0 heterocycles. The third-order valence-electron chi connectivity index (χ3n) is 1.84. The van der Waals surface area contributed by atoms with Crippen molar-refractivity contribution in [2.24, 2.45) is 0 Å². The van der Waals surface area contributed by atoms with Gasteiger partial charge >= 0.3 is 5.69 Å². The van der Waals surface area contributed by atoms with Crippen molar-refractivity contribution in [1.29, 1.82) is 5.26 Å². The summed E-state index contributed by atoms with van der Waals surface area (Å²) in [7, 11) is 1.33. The van der Waals surface area contributed by atoms with Crippen molar-refractivity contribution in [1.82, 2.24) is 0 Å². The maximum Gasteiger partial charge on any atom is 0.310 e. The van der Waals surface area contributed by atoms with Gasteiger partial charge in [-0.25, -0.2) is 0 Å². The first-order chi connectivity index (χ1) is 7.60. The average Bonchev–Trinajstić information content (AvgIpc) is 2.28. The number of ether oxygens (including phenoxy) is 1. The Morgan fingerprint density at radius 3 is 2.88 bits per heavy atom. The number of hydrogen-bond acceptors (Lipinski definition) is 4. The summed E-state index contributed by atoms with van der Waals surface area (Å²) < 4.78 is 4.87. The standard InChI is InChI=1S/C10H7ClN2O3/c1-16-10-6-7(8(11)4-5-12)2-3-9(10)13(14)15/h2-4,6H,1H3/b8-4-. The van der Waals surface area contributed by atoms with Gasteiger partial charge in [0.2, 0.25) is 0 Å². The van der Waals surface area contributed by atoms with Gasteiger partial charge in [-0.3, -0.25) is 10.1 Å². The van der Waals surface area contributed by atoms with Crippen LogP contribution in [0.25, 0.3) is 5.03 Å². The molecule has 0 N–H and O–H groups in total. The summed E-state index contributed by atoms with van der Waals surface area (Å²) in [4.78, 5) is 10.1. The Balaban J connectivity index is 3.25. The first-order valence-electron chi connectivity index (χ1n) is 4.18. The fourth-order valence-electron chi connectivity index (χ4n) is 1.12. The molecule has 0 aliphatic rings. The second kappa shape index (κ2) is 5.14. The van der Waals surface area contributed by atoms with Crippen LogP contribution in [0.3, 0.4) is 0 Å². The van der Waals surface area contributed by atoms with Gasteiger partial charge in [-0.1, -0.05) is 11.6 Å². The van der Waals surface area contributed by atoms with Crippen molar-refractivity contribution < 1.29 is 9.66 Å². The lowest BCUT2D eigenvalue weighted by Gasteiger charge is -2.03. The number of benzene rings is 1. The van der Waals surface area contributed by atoms with Gasteiger partial charge in [0.25, 0.3) is 0 Å². The van der Waals surface area contributed by atoms with Crippen molar-refractivity contribution in [3.05, 3.63) is 40.0 Å². The number of nitro groups is 1. The summed E-state index contributed by atoms with van der Waals surface area (Å²) in [5, 5.41) is 19.2. The van der Waals surface area contributed by atoms with E-state index in [0.717, 1.165) is 6.08 Å². The summed E-state index contributed by atoms with van der Waals surface area (Å²) >= 11 is 5.78. The van der Waals surface area contributed by atoms with Crippen LogP contribution in [0.15, 0.2) is 24.3 Å². The smallest absolute Gasteiger partial charge is 0.310 e.